The molecule has 0 saturated carbocycles. The third-order valence-corrected chi connectivity index (χ3v) is 6.73. The lowest BCUT2D eigenvalue weighted by Crippen LogP contribution is -2.55. The molecular weight excluding hydrogens is 518 g/mol. The van der Waals surface area contributed by atoms with Crippen LogP contribution in [0.25, 0.3) is 0 Å². The molecule has 0 fully saturated rings. The molecule has 0 aliphatic carbocycles. The van der Waals surface area contributed by atoms with Gasteiger partial charge in [-0.3, -0.25) is 13.9 Å². The number of hydrogen-bond acceptors (Lipinski definition) is 4. The number of nitrogens with one attached hydrogen (secondary N) is 1. The number of sulfonamides is 1. The van der Waals surface area contributed by atoms with Crippen LogP contribution in [0.15, 0.2) is 53.0 Å². The standard InChI is InChI=1S/C25H34BrN3O4S/c1-7-22(24(31)27-25(3,4)5)28(16-19-11-8-10-18(2)14-19)23(30)17-29(34(6,32)33)21-13-9-12-20(26)15-21/h8-15,22H,7,16-17H2,1-6H3,(H,27,31)/t22-/m0/s1. The number of halogens is 1. The monoisotopic (exact) mass is 551 g/mol. The van der Waals surface area contributed by atoms with Gasteiger partial charge >= 0.3 is 0 Å². The Morgan fingerprint density at radius 1 is 1.09 bits per heavy atom. The molecular formula is C25H34BrN3O4S. The van der Waals surface area contributed by atoms with E-state index in [-0.39, 0.29) is 12.5 Å². The zero-order valence-corrected chi connectivity index (χ0v) is 23.0. The number of aryl methyl sites for hydroxylation is 1. The molecule has 0 unspecified atom stereocenters. The molecule has 0 radical (unpaired) electrons. The third-order valence-electron chi connectivity index (χ3n) is 5.09. The molecule has 2 aromatic rings. The molecule has 1 atom stereocenters. The molecule has 1 N–H and O–H groups in total. The van der Waals surface area contributed by atoms with Crippen molar-refractivity contribution in [2.24, 2.45) is 0 Å². The second-order valence-corrected chi connectivity index (χ2v) is 12.2. The van der Waals surface area contributed by atoms with Crippen LogP contribution in [-0.4, -0.2) is 49.5 Å². The van der Waals surface area contributed by atoms with Gasteiger partial charge in [0.15, 0.2) is 0 Å². The molecule has 186 valence electrons. The zero-order chi connectivity index (χ0) is 25.7. The number of anilines is 1. The maximum Gasteiger partial charge on any atom is 0.244 e. The van der Waals surface area contributed by atoms with E-state index in [1.807, 2.05) is 58.9 Å². The van der Waals surface area contributed by atoms with E-state index in [0.29, 0.717) is 16.6 Å². The smallest absolute Gasteiger partial charge is 0.244 e. The van der Waals surface area contributed by atoms with E-state index in [0.717, 1.165) is 21.7 Å². The highest BCUT2D eigenvalue weighted by atomic mass is 79.9. The van der Waals surface area contributed by atoms with Gasteiger partial charge in [0.2, 0.25) is 21.8 Å². The predicted octanol–water partition coefficient (Wildman–Crippen LogP) is 4.25. The highest BCUT2D eigenvalue weighted by molar-refractivity contribution is 9.10. The first-order valence-electron chi connectivity index (χ1n) is 11.1. The maximum absolute atomic E-state index is 13.6. The number of rotatable bonds is 9. The minimum atomic E-state index is -3.76. The van der Waals surface area contributed by atoms with E-state index in [2.05, 4.69) is 21.2 Å². The van der Waals surface area contributed by atoms with Gasteiger partial charge in [-0.2, -0.15) is 0 Å². The summed E-state index contributed by atoms with van der Waals surface area (Å²) in [4.78, 5) is 28.3. The fraction of sp³-hybridized carbons (Fsp3) is 0.440. The fourth-order valence-corrected chi connectivity index (χ4v) is 4.85. The molecule has 34 heavy (non-hydrogen) atoms. The molecule has 0 aliphatic rings. The SMILES string of the molecule is CC[C@@H](C(=O)NC(C)(C)C)N(Cc1cccc(C)c1)C(=O)CN(c1cccc(Br)c1)S(C)(=O)=O. The lowest BCUT2D eigenvalue weighted by atomic mass is 10.0. The van der Waals surface area contributed by atoms with Crippen LogP contribution in [0.2, 0.25) is 0 Å². The largest absolute Gasteiger partial charge is 0.350 e. The van der Waals surface area contributed by atoms with Crippen molar-refractivity contribution in [2.45, 2.75) is 59.2 Å². The van der Waals surface area contributed by atoms with Gasteiger partial charge in [0.05, 0.1) is 11.9 Å². The second kappa shape index (κ2) is 11.4. The van der Waals surface area contributed by atoms with Gasteiger partial charge < -0.3 is 10.2 Å². The van der Waals surface area contributed by atoms with E-state index < -0.39 is 34.1 Å². The van der Waals surface area contributed by atoms with Crippen molar-refractivity contribution in [2.75, 3.05) is 17.1 Å². The van der Waals surface area contributed by atoms with Crippen molar-refractivity contribution >= 4 is 43.5 Å². The van der Waals surface area contributed by atoms with Crippen LogP contribution in [0.1, 0.15) is 45.2 Å². The average Bonchev–Trinajstić information content (AvgIpc) is 2.69. The van der Waals surface area contributed by atoms with E-state index in [1.165, 1.54) is 4.90 Å². The van der Waals surface area contributed by atoms with Crippen molar-refractivity contribution in [3.8, 4) is 0 Å². The summed E-state index contributed by atoms with van der Waals surface area (Å²) in [6.07, 6.45) is 1.45. The number of nitrogens with zero attached hydrogens (tertiary/aromatic N) is 2. The molecule has 0 spiro atoms. The molecule has 0 aromatic heterocycles. The van der Waals surface area contributed by atoms with Crippen molar-refractivity contribution in [3.05, 3.63) is 64.1 Å². The summed E-state index contributed by atoms with van der Waals surface area (Å²) >= 11 is 3.35. The Bertz CT molecular complexity index is 1130. The minimum absolute atomic E-state index is 0.187. The summed E-state index contributed by atoms with van der Waals surface area (Å²) in [6, 6.07) is 13.7. The average molecular weight is 553 g/mol. The zero-order valence-electron chi connectivity index (χ0n) is 20.6. The van der Waals surface area contributed by atoms with Gasteiger partial charge in [-0.25, -0.2) is 8.42 Å². The quantitative estimate of drug-likeness (QED) is 0.504. The summed E-state index contributed by atoms with van der Waals surface area (Å²) in [5.41, 5.74) is 1.79. The first-order valence-corrected chi connectivity index (χ1v) is 13.8. The number of carbonyl (C=O) groups is 2. The Kier molecular flexibility index (Phi) is 9.30. The van der Waals surface area contributed by atoms with Crippen molar-refractivity contribution < 1.29 is 18.0 Å². The van der Waals surface area contributed by atoms with E-state index in [1.54, 1.807) is 24.3 Å². The van der Waals surface area contributed by atoms with E-state index in [9.17, 15) is 18.0 Å². The van der Waals surface area contributed by atoms with Crippen LogP contribution in [0.5, 0.6) is 0 Å². The third kappa shape index (κ3) is 8.13. The number of amides is 2. The molecule has 0 heterocycles. The van der Waals surface area contributed by atoms with Crippen LogP contribution in [-0.2, 0) is 26.2 Å². The minimum Gasteiger partial charge on any atom is -0.350 e. The van der Waals surface area contributed by atoms with Crippen LogP contribution in [0.4, 0.5) is 5.69 Å². The Hall–Kier alpha value is -2.39. The van der Waals surface area contributed by atoms with Crippen LogP contribution in [0.3, 0.4) is 0 Å². The lowest BCUT2D eigenvalue weighted by molar-refractivity contribution is -0.141. The molecule has 0 bridgehead atoms. The maximum atomic E-state index is 13.6. The number of carbonyl (C=O) groups excluding carboxylic acids is 2. The highest BCUT2D eigenvalue weighted by Crippen LogP contribution is 2.23. The van der Waals surface area contributed by atoms with Crippen molar-refractivity contribution in [1.29, 1.82) is 0 Å². The summed E-state index contributed by atoms with van der Waals surface area (Å²) in [7, 11) is -3.76. The van der Waals surface area contributed by atoms with Gasteiger partial charge in [0.1, 0.15) is 12.6 Å². The molecule has 9 heteroatoms. The Balaban J connectivity index is 2.46. The van der Waals surface area contributed by atoms with Crippen molar-refractivity contribution in [3.63, 3.8) is 0 Å². The Labute approximate surface area is 211 Å². The Morgan fingerprint density at radius 3 is 2.26 bits per heavy atom. The summed E-state index contributed by atoms with van der Waals surface area (Å²) in [5.74, 6) is -0.729. The van der Waals surface area contributed by atoms with Gasteiger partial charge in [-0.15, -0.1) is 0 Å². The highest BCUT2D eigenvalue weighted by Gasteiger charge is 2.33. The Morgan fingerprint density at radius 2 is 1.74 bits per heavy atom. The first-order chi connectivity index (χ1) is 15.7. The second-order valence-electron chi connectivity index (χ2n) is 9.42. The normalized spacial score (nSPS) is 12.7. The van der Waals surface area contributed by atoms with Gasteiger partial charge in [-0.05, 0) is 57.9 Å². The summed E-state index contributed by atoms with van der Waals surface area (Å²) in [6.45, 7) is 9.20. The van der Waals surface area contributed by atoms with Crippen molar-refractivity contribution in [1.82, 2.24) is 10.2 Å². The molecule has 0 saturated heterocycles. The molecule has 7 nitrogen and oxygen atoms in total. The van der Waals surface area contributed by atoms with Gasteiger partial charge in [0.25, 0.3) is 0 Å². The van der Waals surface area contributed by atoms with E-state index in [4.69, 9.17) is 0 Å². The van der Waals surface area contributed by atoms with Crippen LogP contribution in [0, 0.1) is 6.92 Å². The lowest BCUT2D eigenvalue weighted by Gasteiger charge is -2.34. The first kappa shape index (κ1) is 27.9. The fourth-order valence-electron chi connectivity index (χ4n) is 3.62. The molecule has 2 rings (SSSR count). The molecule has 0 aliphatic heterocycles. The molecule has 2 amide bonds. The summed E-state index contributed by atoms with van der Waals surface area (Å²) < 4.78 is 27.0. The molecule has 2 aromatic carbocycles. The van der Waals surface area contributed by atoms with Crippen LogP contribution < -0.4 is 9.62 Å². The number of hydrogen-bond donors (Lipinski definition) is 1. The predicted molar refractivity (Wildman–Crippen MR) is 140 cm³/mol. The van der Waals surface area contributed by atoms with Gasteiger partial charge in [0, 0.05) is 16.6 Å². The topological polar surface area (TPSA) is 86.8 Å². The van der Waals surface area contributed by atoms with Crippen LogP contribution >= 0.6 is 15.9 Å². The van der Waals surface area contributed by atoms with E-state index >= 15 is 0 Å². The van der Waals surface area contributed by atoms with Gasteiger partial charge in [-0.1, -0.05) is 58.7 Å². The summed E-state index contributed by atoms with van der Waals surface area (Å²) in [5, 5.41) is 2.95. The number of benzene rings is 2.